The molecule has 136 valence electrons. The number of pyridine rings is 1. The van der Waals surface area contributed by atoms with Crippen LogP contribution >= 0.6 is 0 Å². The Balaban J connectivity index is 1.57. The van der Waals surface area contributed by atoms with Gasteiger partial charge >= 0.3 is 6.18 Å². The summed E-state index contributed by atoms with van der Waals surface area (Å²) in [5, 5.41) is 14.3. The molecule has 2 heterocycles. The van der Waals surface area contributed by atoms with E-state index < -0.39 is 11.7 Å². The monoisotopic (exact) mass is 362 g/mol. The first-order chi connectivity index (χ1) is 12.5. The lowest BCUT2D eigenvalue weighted by molar-refractivity contribution is -0.137. The van der Waals surface area contributed by atoms with Crippen molar-refractivity contribution >= 4 is 11.6 Å². The molecule has 0 spiro atoms. The van der Waals surface area contributed by atoms with Crippen molar-refractivity contribution in [3.8, 4) is 0 Å². The molecule has 0 amide bonds. The Morgan fingerprint density at radius 3 is 2.46 bits per heavy atom. The molecule has 0 atom stereocenters. The van der Waals surface area contributed by atoms with E-state index in [2.05, 4.69) is 25.8 Å². The maximum atomic E-state index is 12.6. The fourth-order valence-corrected chi connectivity index (χ4v) is 2.39. The SMILES string of the molecule is CN=C(NCc1ccc(C(F)(F)F)cc1)NCc1nnc2ccccn12. The van der Waals surface area contributed by atoms with Crippen LogP contribution < -0.4 is 10.6 Å². The number of fused-ring (bicyclic) bond motifs is 1. The van der Waals surface area contributed by atoms with Gasteiger partial charge in [-0.05, 0) is 29.8 Å². The lowest BCUT2D eigenvalue weighted by atomic mass is 10.1. The summed E-state index contributed by atoms with van der Waals surface area (Å²) < 4.78 is 39.6. The molecule has 0 saturated carbocycles. The number of nitrogens with zero attached hydrogens (tertiary/aromatic N) is 4. The summed E-state index contributed by atoms with van der Waals surface area (Å²) in [5.74, 6) is 1.23. The van der Waals surface area contributed by atoms with Crippen LogP contribution in [0.5, 0.6) is 0 Å². The van der Waals surface area contributed by atoms with Gasteiger partial charge in [0, 0.05) is 19.8 Å². The van der Waals surface area contributed by atoms with Crippen LogP contribution in [0.15, 0.2) is 53.7 Å². The number of halogens is 3. The first kappa shape index (κ1) is 17.7. The average Bonchev–Trinajstić information content (AvgIpc) is 3.05. The van der Waals surface area contributed by atoms with Gasteiger partial charge < -0.3 is 10.6 Å². The third-order valence-corrected chi connectivity index (χ3v) is 3.76. The first-order valence-electron chi connectivity index (χ1n) is 7.86. The summed E-state index contributed by atoms with van der Waals surface area (Å²) in [7, 11) is 1.62. The number of guanidine groups is 1. The van der Waals surface area contributed by atoms with Crippen molar-refractivity contribution in [1.82, 2.24) is 25.2 Å². The molecule has 0 fully saturated rings. The Morgan fingerprint density at radius 1 is 1.04 bits per heavy atom. The Hall–Kier alpha value is -3.10. The van der Waals surface area contributed by atoms with Crippen molar-refractivity contribution < 1.29 is 13.2 Å². The van der Waals surface area contributed by atoms with E-state index in [1.807, 2.05) is 28.8 Å². The van der Waals surface area contributed by atoms with Crippen molar-refractivity contribution in [2.24, 2.45) is 4.99 Å². The summed E-state index contributed by atoms with van der Waals surface area (Å²) in [6.45, 7) is 0.746. The second kappa shape index (κ2) is 7.42. The van der Waals surface area contributed by atoms with Gasteiger partial charge in [0.15, 0.2) is 17.4 Å². The van der Waals surface area contributed by atoms with Gasteiger partial charge in [-0.2, -0.15) is 13.2 Å². The van der Waals surface area contributed by atoms with Gasteiger partial charge in [-0.3, -0.25) is 9.39 Å². The Kier molecular flexibility index (Phi) is 5.06. The molecule has 2 aromatic heterocycles. The maximum absolute atomic E-state index is 12.6. The van der Waals surface area contributed by atoms with Gasteiger partial charge in [-0.1, -0.05) is 18.2 Å². The minimum Gasteiger partial charge on any atom is -0.352 e. The van der Waals surface area contributed by atoms with Crippen LogP contribution in [0.1, 0.15) is 17.0 Å². The van der Waals surface area contributed by atoms with E-state index in [4.69, 9.17) is 0 Å². The highest BCUT2D eigenvalue weighted by Gasteiger charge is 2.29. The van der Waals surface area contributed by atoms with Crippen LogP contribution in [0, 0.1) is 0 Å². The molecule has 0 saturated heterocycles. The van der Waals surface area contributed by atoms with E-state index in [0.717, 1.165) is 23.6 Å². The summed E-state index contributed by atoms with van der Waals surface area (Å²) in [4.78, 5) is 4.10. The van der Waals surface area contributed by atoms with Gasteiger partial charge in [0.1, 0.15) is 0 Å². The summed E-state index contributed by atoms with van der Waals surface area (Å²) in [5.41, 5.74) is 0.799. The number of aromatic nitrogens is 3. The van der Waals surface area contributed by atoms with Gasteiger partial charge in [0.25, 0.3) is 0 Å². The Labute approximate surface area is 147 Å². The molecular weight excluding hydrogens is 345 g/mol. The molecule has 0 unspecified atom stereocenters. The van der Waals surface area contributed by atoms with Crippen LogP contribution in [-0.4, -0.2) is 27.6 Å². The van der Waals surface area contributed by atoms with Crippen LogP contribution in [0.3, 0.4) is 0 Å². The number of benzene rings is 1. The molecule has 0 radical (unpaired) electrons. The zero-order valence-corrected chi connectivity index (χ0v) is 14.0. The highest BCUT2D eigenvalue weighted by molar-refractivity contribution is 5.79. The van der Waals surface area contributed by atoms with E-state index in [9.17, 15) is 13.2 Å². The van der Waals surface area contributed by atoms with Gasteiger partial charge in [0.2, 0.25) is 0 Å². The molecule has 0 bridgehead atoms. The topological polar surface area (TPSA) is 66.6 Å². The lowest BCUT2D eigenvalue weighted by Crippen LogP contribution is -2.36. The molecule has 6 nitrogen and oxygen atoms in total. The van der Waals surface area contributed by atoms with E-state index in [0.29, 0.717) is 24.6 Å². The predicted octanol–water partition coefficient (Wildman–Crippen LogP) is 2.61. The van der Waals surface area contributed by atoms with Crippen LogP contribution in [-0.2, 0) is 19.3 Å². The Morgan fingerprint density at radius 2 is 1.77 bits per heavy atom. The summed E-state index contributed by atoms with van der Waals surface area (Å²) >= 11 is 0. The molecule has 0 aliphatic rings. The first-order valence-corrected chi connectivity index (χ1v) is 7.86. The minimum atomic E-state index is -4.33. The van der Waals surface area contributed by atoms with Crippen LogP contribution in [0.2, 0.25) is 0 Å². The smallest absolute Gasteiger partial charge is 0.352 e. The van der Waals surface area contributed by atoms with Crippen molar-refractivity contribution in [2.75, 3.05) is 7.05 Å². The molecule has 3 aromatic rings. The predicted molar refractivity (Wildman–Crippen MR) is 91.5 cm³/mol. The molecule has 3 rings (SSSR count). The highest BCUT2D eigenvalue weighted by atomic mass is 19.4. The normalized spacial score (nSPS) is 12.4. The van der Waals surface area contributed by atoms with Crippen molar-refractivity contribution in [2.45, 2.75) is 19.3 Å². The van der Waals surface area contributed by atoms with E-state index in [-0.39, 0.29) is 0 Å². The molecule has 1 aromatic carbocycles. The maximum Gasteiger partial charge on any atom is 0.416 e. The molecule has 0 aliphatic carbocycles. The van der Waals surface area contributed by atoms with Crippen molar-refractivity contribution in [3.05, 3.63) is 65.6 Å². The second-order valence-electron chi connectivity index (χ2n) is 5.52. The van der Waals surface area contributed by atoms with E-state index in [1.165, 1.54) is 12.1 Å². The number of nitrogens with one attached hydrogen (secondary N) is 2. The molecule has 26 heavy (non-hydrogen) atoms. The number of hydrogen-bond donors (Lipinski definition) is 2. The van der Waals surface area contributed by atoms with Crippen LogP contribution in [0.25, 0.3) is 5.65 Å². The van der Waals surface area contributed by atoms with Crippen LogP contribution in [0.4, 0.5) is 13.2 Å². The second-order valence-corrected chi connectivity index (χ2v) is 5.52. The largest absolute Gasteiger partial charge is 0.416 e. The Bertz CT molecular complexity index is 899. The fraction of sp³-hybridized carbons (Fsp3) is 0.235. The summed E-state index contributed by atoms with van der Waals surface area (Å²) in [6.07, 6.45) is -2.46. The number of hydrogen-bond acceptors (Lipinski definition) is 3. The molecule has 9 heteroatoms. The van der Waals surface area contributed by atoms with Crippen molar-refractivity contribution in [1.29, 1.82) is 0 Å². The molecular formula is C17H17F3N6. The summed E-state index contributed by atoms with van der Waals surface area (Å²) in [6, 6.07) is 10.6. The van der Waals surface area contributed by atoms with E-state index in [1.54, 1.807) is 7.05 Å². The fourth-order valence-electron chi connectivity index (χ4n) is 2.39. The third-order valence-electron chi connectivity index (χ3n) is 3.76. The molecule has 0 aliphatic heterocycles. The zero-order valence-electron chi connectivity index (χ0n) is 14.0. The molecule has 2 N–H and O–H groups in total. The van der Waals surface area contributed by atoms with Gasteiger partial charge in [-0.15, -0.1) is 10.2 Å². The average molecular weight is 362 g/mol. The van der Waals surface area contributed by atoms with Gasteiger partial charge in [-0.25, -0.2) is 0 Å². The number of aliphatic imine (C=N–C) groups is 1. The van der Waals surface area contributed by atoms with Gasteiger partial charge in [0.05, 0.1) is 12.1 Å². The van der Waals surface area contributed by atoms with Crippen molar-refractivity contribution in [3.63, 3.8) is 0 Å². The van der Waals surface area contributed by atoms with E-state index >= 15 is 0 Å². The number of alkyl halides is 3. The zero-order chi connectivity index (χ0) is 18.6. The lowest BCUT2D eigenvalue weighted by Gasteiger charge is -2.12. The quantitative estimate of drug-likeness (QED) is 0.553. The minimum absolute atomic E-state index is 0.346. The number of rotatable bonds is 4. The third kappa shape index (κ3) is 4.11. The standard InChI is InChI=1S/C17H17F3N6/c1-21-16(22-10-12-5-7-13(8-6-12)17(18,19)20)23-11-15-25-24-14-4-2-3-9-26(14)15/h2-9H,10-11H2,1H3,(H2,21,22,23). The highest BCUT2D eigenvalue weighted by Crippen LogP contribution is 2.29.